The van der Waals surface area contributed by atoms with E-state index in [1.165, 1.54) is 0 Å². The van der Waals surface area contributed by atoms with Crippen molar-refractivity contribution in [2.75, 3.05) is 31.6 Å². The van der Waals surface area contributed by atoms with Crippen LogP contribution in [-0.2, 0) is 14.3 Å². The average molecular weight is 358 g/mol. The van der Waals surface area contributed by atoms with Gasteiger partial charge in [0, 0.05) is 18.9 Å². The summed E-state index contributed by atoms with van der Waals surface area (Å²) in [5.41, 5.74) is 1.10. The van der Waals surface area contributed by atoms with Gasteiger partial charge in [-0.1, -0.05) is 12.1 Å². The normalized spacial score (nSPS) is 10.0. The van der Waals surface area contributed by atoms with Gasteiger partial charge in [0.25, 0.3) is 5.91 Å². The molecule has 0 radical (unpaired) electrons. The molecular formula is C18H22N4O4. The van der Waals surface area contributed by atoms with Crippen LogP contribution in [-0.4, -0.2) is 48.1 Å². The zero-order chi connectivity index (χ0) is 18.6. The number of benzene rings is 1. The zero-order valence-electron chi connectivity index (χ0n) is 14.6. The molecule has 8 heteroatoms. The third kappa shape index (κ3) is 7.61. The van der Waals surface area contributed by atoms with Gasteiger partial charge in [0.1, 0.15) is 12.4 Å². The molecule has 0 saturated heterocycles. The molecule has 1 heterocycles. The number of hydrogen-bond acceptors (Lipinski definition) is 7. The fourth-order valence-corrected chi connectivity index (χ4v) is 2.00. The van der Waals surface area contributed by atoms with E-state index < -0.39 is 5.97 Å². The molecular weight excluding hydrogens is 336 g/mol. The number of hydrogen-bond donors (Lipinski definition) is 2. The number of ether oxygens (including phenoxy) is 2. The first-order valence-corrected chi connectivity index (χ1v) is 8.26. The van der Waals surface area contributed by atoms with Gasteiger partial charge in [-0.3, -0.25) is 9.59 Å². The number of nitrogens with one attached hydrogen (secondary N) is 2. The lowest BCUT2D eigenvalue weighted by molar-refractivity contribution is -0.148. The summed E-state index contributed by atoms with van der Waals surface area (Å²) in [5.74, 6) is 0.345. The van der Waals surface area contributed by atoms with Crippen molar-refractivity contribution >= 4 is 17.8 Å². The molecule has 0 aliphatic heterocycles. The summed E-state index contributed by atoms with van der Waals surface area (Å²) in [4.78, 5) is 31.1. The highest BCUT2D eigenvalue weighted by atomic mass is 16.5. The van der Waals surface area contributed by atoms with E-state index in [0.717, 1.165) is 11.3 Å². The van der Waals surface area contributed by atoms with Crippen molar-refractivity contribution < 1.29 is 19.1 Å². The van der Waals surface area contributed by atoms with Gasteiger partial charge in [-0.15, -0.1) is 0 Å². The van der Waals surface area contributed by atoms with Crippen LogP contribution in [0.25, 0.3) is 0 Å². The van der Waals surface area contributed by atoms with E-state index in [-0.39, 0.29) is 18.9 Å². The molecule has 1 aromatic carbocycles. The Morgan fingerprint density at radius 2 is 1.92 bits per heavy atom. The van der Waals surface area contributed by atoms with Crippen molar-refractivity contribution in [1.29, 1.82) is 0 Å². The van der Waals surface area contributed by atoms with Gasteiger partial charge in [0.15, 0.2) is 6.61 Å². The fourth-order valence-electron chi connectivity index (χ4n) is 2.00. The highest BCUT2D eigenvalue weighted by molar-refractivity contribution is 5.80. The molecule has 1 amide bonds. The van der Waals surface area contributed by atoms with E-state index >= 15 is 0 Å². The summed E-state index contributed by atoms with van der Waals surface area (Å²) in [6.07, 6.45) is 3.31. The summed E-state index contributed by atoms with van der Waals surface area (Å²) in [6.45, 7) is 2.66. The molecule has 0 atom stereocenters. The maximum absolute atomic E-state index is 11.6. The average Bonchev–Trinajstić information content (AvgIpc) is 2.64. The van der Waals surface area contributed by atoms with Crippen molar-refractivity contribution in [3.63, 3.8) is 0 Å². The Labute approximate surface area is 151 Å². The molecule has 0 bridgehead atoms. The zero-order valence-corrected chi connectivity index (χ0v) is 14.6. The number of nitrogens with zero attached hydrogens (tertiary/aromatic N) is 2. The quantitative estimate of drug-likeness (QED) is 0.488. The molecule has 2 rings (SSSR count). The molecule has 0 aliphatic rings. The van der Waals surface area contributed by atoms with Gasteiger partial charge in [-0.25, -0.2) is 9.97 Å². The molecule has 138 valence electrons. The molecule has 0 spiro atoms. The van der Waals surface area contributed by atoms with Crippen molar-refractivity contribution in [1.82, 2.24) is 15.3 Å². The van der Waals surface area contributed by atoms with Crippen LogP contribution in [0.1, 0.15) is 12.0 Å². The van der Waals surface area contributed by atoms with E-state index in [4.69, 9.17) is 9.47 Å². The number of aryl methyl sites for hydroxylation is 1. The number of aromatic nitrogens is 2. The predicted octanol–water partition coefficient (Wildman–Crippen LogP) is 1.33. The van der Waals surface area contributed by atoms with E-state index in [0.29, 0.717) is 25.6 Å². The highest BCUT2D eigenvalue weighted by Gasteiger charge is 2.07. The van der Waals surface area contributed by atoms with Crippen LogP contribution >= 0.6 is 0 Å². The van der Waals surface area contributed by atoms with Gasteiger partial charge in [0.2, 0.25) is 5.95 Å². The minimum Gasteiger partial charge on any atom is -0.492 e. The first-order valence-electron chi connectivity index (χ1n) is 8.26. The first kappa shape index (κ1) is 19.2. The monoisotopic (exact) mass is 358 g/mol. The molecule has 0 saturated carbocycles. The predicted molar refractivity (Wildman–Crippen MR) is 95.8 cm³/mol. The molecule has 0 fully saturated rings. The molecule has 26 heavy (non-hydrogen) atoms. The fraction of sp³-hybridized carbons (Fsp3) is 0.333. The maximum Gasteiger partial charge on any atom is 0.308 e. The second-order valence-corrected chi connectivity index (χ2v) is 5.42. The number of anilines is 1. The first-order chi connectivity index (χ1) is 12.6. The summed E-state index contributed by atoms with van der Waals surface area (Å²) in [7, 11) is 0. The smallest absolute Gasteiger partial charge is 0.308 e. The van der Waals surface area contributed by atoms with Crippen molar-refractivity contribution in [2.45, 2.75) is 13.3 Å². The SMILES string of the molecule is Cc1cccc(OCCNC(=O)COC(=O)CCNc2ncccn2)c1. The summed E-state index contributed by atoms with van der Waals surface area (Å²) in [6, 6.07) is 9.35. The summed E-state index contributed by atoms with van der Waals surface area (Å²) in [5, 5.41) is 5.51. The number of amides is 1. The van der Waals surface area contributed by atoms with Crippen LogP contribution in [0.15, 0.2) is 42.7 Å². The van der Waals surface area contributed by atoms with E-state index in [2.05, 4.69) is 20.6 Å². The van der Waals surface area contributed by atoms with Crippen LogP contribution in [0.5, 0.6) is 5.75 Å². The lowest BCUT2D eigenvalue weighted by Crippen LogP contribution is -2.32. The van der Waals surface area contributed by atoms with Gasteiger partial charge < -0.3 is 20.1 Å². The lowest BCUT2D eigenvalue weighted by atomic mass is 10.2. The topological polar surface area (TPSA) is 102 Å². The van der Waals surface area contributed by atoms with Crippen LogP contribution in [0.4, 0.5) is 5.95 Å². The van der Waals surface area contributed by atoms with Gasteiger partial charge in [-0.05, 0) is 30.7 Å². The molecule has 0 unspecified atom stereocenters. The van der Waals surface area contributed by atoms with Crippen LogP contribution in [0, 0.1) is 6.92 Å². The minimum atomic E-state index is -0.473. The second kappa shape index (κ2) is 10.7. The molecule has 2 aromatic rings. The second-order valence-electron chi connectivity index (χ2n) is 5.42. The summed E-state index contributed by atoms with van der Waals surface area (Å²) >= 11 is 0. The third-order valence-electron chi connectivity index (χ3n) is 3.22. The number of carbonyl (C=O) groups is 2. The largest absolute Gasteiger partial charge is 0.492 e. The maximum atomic E-state index is 11.6. The number of rotatable bonds is 10. The van der Waals surface area contributed by atoms with Crippen LogP contribution in [0.3, 0.4) is 0 Å². The van der Waals surface area contributed by atoms with Gasteiger partial charge >= 0.3 is 5.97 Å². The molecule has 2 N–H and O–H groups in total. The van der Waals surface area contributed by atoms with Gasteiger partial charge in [-0.2, -0.15) is 0 Å². The Kier molecular flexibility index (Phi) is 7.85. The van der Waals surface area contributed by atoms with Crippen LogP contribution < -0.4 is 15.4 Å². The Hall–Kier alpha value is -3.16. The number of carbonyl (C=O) groups excluding carboxylic acids is 2. The van der Waals surface area contributed by atoms with Gasteiger partial charge in [0.05, 0.1) is 13.0 Å². The van der Waals surface area contributed by atoms with E-state index in [1.54, 1.807) is 18.5 Å². The highest BCUT2D eigenvalue weighted by Crippen LogP contribution is 2.11. The van der Waals surface area contributed by atoms with Crippen molar-refractivity contribution in [2.24, 2.45) is 0 Å². The molecule has 0 aliphatic carbocycles. The lowest BCUT2D eigenvalue weighted by Gasteiger charge is -2.09. The van der Waals surface area contributed by atoms with Crippen molar-refractivity contribution in [3.05, 3.63) is 48.3 Å². The Morgan fingerprint density at radius 1 is 1.12 bits per heavy atom. The standard InChI is InChI=1S/C18H22N4O4/c1-14-4-2-5-15(12-14)25-11-10-19-16(23)13-26-17(24)6-9-22-18-20-7-3-8-21-18/h2-5,7-8,12H,6,9-11,13H2,1H3,(H,19,23)(H,20,21,22). The third-order valence-corrected chi connectivity index (χ3v) is 3.22. The van der Waals surface area contributed by atoms with Crippen LogP contribution in [0.2, 0.25) is 0 Å². The Balaban J connectivity index is 1.51. The summed E-state index contributed by atoms with van der Waals surface area (Å²) < 4.78 is 10.4. The van der Waals surface area contributed by atoms with Crippen molar-refractivity contribution in [3.8, 4) is 5.75 Å². The minimum absolute atomic E-state index is 0.113. The molecule has 1 aromatic heterocycles. The van der Waals surface area contributed by atoms with E-state index in [9.17, 15) is 9.59 Å². The Bertz CT molecular complexity index is 709. The Morgan fingerprint density at radius 3 is 2.69 bits per heavy atom. The number of esters is 1. The molecule has 8 nitrogen and oxygen atoms in total. The van der Waals surface area contributed by atoms with E-state index in [1.807, 2.05) is 31.2 Å².